The van der Waals surface area contributed by atoms with Crippen LogP contribution in [0.2, 0.25) is 0 Å². The zero-order valence-corrected chi connectivity index (χ0v) is 11.0. The molecule has 0 spiro atoms. The van der Waals surface area contributed by atoms with Crippen molar-refractivity contribution < 1.29 is 0 Å². The molecule has 0 saturated heterocycles. The molecule has 0 saturated carbocycles. The van der Waals surface area contributed by atoms with Crippen LogP contribution in [0.3, 0.4) is 0 Å². The molecule has 0 aliphatic carbocycles. The molecule has 0 aliphatic heterocycles. The lowest BCUT2D eigenvalue weighted by Crippen LogP contribution is -2.27. The fraction of sp³-hybridized carbons (Fsp3) is 0.250. The van der Waals surface area contributed by atoms with Crippen LogP contribution in [0.25, 0.3) is 0 Å². The molecule has 1 atom stereocenters. The predicted molar refractivity (Wildman–Crippen MR) is 79.2 cm³/mol. The second kappa shape index (κ2) is 5.58. The molecule has 0 fully saturated rings. The van der Waals surface area contributed by atoms with Gasteiger partial charge in [0, 0.05) is 23.1 Å². The molecular weight excluding hydrogens is 220 g/mol. The van der Waals surface area contributed by atoms with E-state index in [2.05, 4.69) is 55.1 Å². The summed E-state index contributed by atoms with van der Waals surface area (Å²) in [7, 11) is 0. The minimum atomic E-state index is 0.455. The Morgan fingerprint density at radius 1 is 0.944 bits per heavy atom. The molecule has 94 valence electrons. The molecule has 2 nitrogen and oxygen atoms in total. The highest BCUT2D eigenvalue weighted by molar-refractivity contribution is 5.65. The highest BCUT2D eigenvalue weighted by Gasteiger charge is 2.14. The van der Waals surface area contributed by atoms with Crippen LogP contribution in [0.5, 0.6) is 0 Å². The highest BCUT2D eigenvalue weighted by Crippen LogP contribution is 2.29. The Bertz CT molecular complexity index is 476. The monoisotopic (exact) mass is 240 g/mol. The fourth-order valence-electron chi connectivity index (χ4n) is 2.06. The first-order valence-corrected chi connectivity index (χ1v) is 6.42. The Hall–Kier alpha value is -1.96. The van der Waals surface area contributed by atoms with Crippen molar-refractivity contribution in [1.29, 1.82) is 0 Å². The van der Waals surface area contributed by atoms with Crippen molar-refractivity contribution in [2.75, 3.05) is 10.6 Å². The number of para-hydroxylation sites is 1. The number of anilines is 3. The van der Waals surface area contributed by atoms with Crippen molar-refractivity contribution in [2.24, 2.45) is 0 Å². The Morgan fingerprint density at radius 3 is 2.06 bits per heavy atom. The third kappa shape index (κ3) is 2.65. The molecule has 2 N–H and O–H groups in total. The normalized spacial score (nSPS) is 12.1. The van der Waals surface area contributed by atoms with Gasteiger partial charge in [-0.2, -0.15) is 0 Å². The van der Waals surface area contributed by atoms with Crippen molar-refractivity contribution in [1.82, 2.24) is 0 Å². The quantitative estimate of drug-likeness (QED) is 0.811. The maximum atomic E-state index is 5.76. The van der Waals surface area contributed by atoms with Crippen LogP contribution in [0.15, 0.2) is 54.6 Å². The standard InChI is InChI=1S/C16H20N2/c1-3-13(2)18(15-7-5-4-6-8-15)16-11-9-14(17)10-12-16/h4-13H,3,17H2,1-2H3. The smallest absolute Gasteiger partial charge is 0.0414 e. The first-order valence-electron chi connectivity index (χ1n) is 6.42. The van der Waals surface area contributed by atoms with E-state index in [4.69, 9.17) is 5.73 Å². The largest absolute Gasteiger partial charge is 0.399 e. The van der Waals surface area contributed by atoms with E-state index in [1.807, 2.05) is 18.2 Å². The van der Waals surface area contributed by atoms with Crippen LogP contribution >= 0.6 is 0 Å². The zero-order valence-electron chi connectivity index (χ0n) is 11.0. The second-order valence-electron chi connectivity index (χ2n) is 4.55. The molecule has 2 heteroatoms. The lowest BCUT2D eigenvalue weighted by atomic mass is 10.1. The van der Waals surface area contributed by atoms with E-state index in [0.29, 0.717) is 6.04 Å². The molecule has 2 aromatic carbocycles. The van der Waals surface area contributed by atoms with Crippen molar-refractivity contribution in [2.45, 2.75) is 26.3 Å². The van der Waals surface area contributed by atoms with Crippen molar-refractivity contribution in [3.05, 3.63) is 54.6 Å². The summed E-state index contributed by atoms with van der Waals surface area (Å²) in [6.45, 7) is 4.45. The Balaban J connectivity index is 2.40. The molecular formula is C16H20N2. The summed E-state index contributed by atoms with van der Waals surface area (Å²) in [5, 5.41) is 0. The molecule has 2 aromatic rings. The van der Waals surface area contributed by atoms with Gasteiger partial charge in [-0.15, -0.1) is 0 Å². The van der Waals surface area contributed by atoms with Gasteiger partial charge < -0.3 is 10.6 Å². The maximum absolute atomic E-state index is 5.76. The van der Waals surface area contributed by atoms with E-state index in [9.17, 15) is 0 Å². The second-order valence-corrected chi connectivity index (χ2v) is 4.55. The first kappa shape index (κ1) is 12.5. The fourth-order valence-corrected chi connectivity index (χ4v) is 2.06. The summed E-state index contributed by atoms with van der Waals surface area (Å²) < 4.78 is 0. The van der Waals surface area contributed by atoms with E-state index in [1.54, 1.807) is 0 Å². The molecule has 0 amide bonds. The van der Waals surface area contributed by atoms with E-state index in [1.165, 1.54) is 11.4 Å². The van der Waals surface area contributed by atoms with Gasteiger partial charge in [-0.3, -0.25) is 0 Å². The van der Waals surface area contributed by atoms with Gasteiger partial charge in [-0.25, -0.2) is 0 Å². The number of hydrogen-bond acceptors (Lipinski definition) is 2. The highest BCUT2D eigenvalue weighted by atomic mass is 15.2. The number of rotatable bonds is 4. The Morgan fingerprint density at radius 2 is 1.50 bits per heavy atom. The Kier molecular flexibility index (Phi) is 3.88. The van der Waals surface area contributed by atoms with Gasteiger partial charge in [-0.05, 0) is 49.7 Å². The van der Waals surface area contributed by atoms with Crippen molar-refractivity contribution in [3.8, 4) is 0 Å². The van der Waals surface area contributed by atoms with Crippen LogP contribution < -0.4 is 10.6 Å². The van der Waals surface area contributed by atoms with Gasteiger partial charge in [0.05, 0.1) is 0 Å². The lowest BCUT2D eigenvalue weighted by molar-refractivity contribution is 0.688. The van der Waals surface area contributed by atoms with E-state index in [-0.39, 0.29) is 0 Å². The van der Waals surface area contributed by atoms with Crippen LogP contribution in [0.4, 0.5) is 17.1 Å². The van der Waals surface area contributed by atoms with Gasteiger partial charge in [0.25, 0.3) is 0 Å². The number of benzene rings is 2. The summed E-state index contributed by atoms with van der Waals surface area (Å²) in [6, 6.07) is 19.0. The Labute approximate surface area is 109 Å². The molecule has 2 rings (SSSR count). The number of hydrogen-bond donors (Lipinski definition) is 1. The molecule has 0 aliphatic rings. The van der Waals surface area contributed by atoms with Gasteiger partial charge >= 0.3 is 0 Å². The molecule has 18 heavy (non-hydrogen) atoms. The molecule has 0 bridgehead atoms. The van der Waals surface area contributed by atoms with E-state index >= 15 is 0 Å². The zero-order chi connectivity index (χ0) is 13.0. The molecule has 0 aromatic heterocycles. The van der Waals surface area contributed by atoms with Gasteiger partial charge in [0.2, 0.25) is 0 Å². The first-order chi connectivity index (χ1) is 8.72. The van der Waals surface area contributed by atoms with E-state index in [0.717, 1.165) is 12.1 Å². The minimum absolute atomic E-state index is 0.455. The number of nitrogens with zero attached hydrogens (tertiary/aromatic N) is 1. The van der Waals surface area contributed by atoms with Crippen molar-refractivity contribution >= 4 is 17.1 Å². The summed E-state index contributed by atoms with van der Waals surface area (Å²) >= 11 is 0. The SMILES string of the molecule is CCC(C)N(c1ccccc1)c1ccc(N)cc1. The lowest BCUT2D eigenvalue weighted by Gasteiger charge is -2.31. The van der Waals surface area contributed by atoms with Gasteiger partial charge in [-0.1, -0.05) is 25.1 Å². The van der Waals surface area contributed by atoms with Crippen LogP contribution in [-0.4, -0.2) is 6.04 Å². The minimum Gasteiger partial charge on any atom is -0.399 e. The third-order valence-electron chi connectivity index (χ3n) is 3.24. The van der Waals surface area contributed by atoms with E-state index < -0.39 is 0 Å². The van der Waals surface area contributed by atoms with Crippen LogP contribution in [0, 0.1) is 0 Å². The van der Waals surface area contributed by atoms with Crippen LogP contribution in [-0.2, 0) is 0 Å². The summed E-state index contributed by atoms with van der Waals surface area (Å²) in [4.78, 5) is 2.35. The predicted octanol–water partition coefficient (Wildman–Crippen LogP) is 4.21. The average molecular weight is 240 g/mol. The van der Waals surface area contributed by atoms with Gasteiger partial charge in [0.1, 0.15) is 0 Å². The molecule has 0 heterocycles. The topological polar surface area (TPSA) is 29.3 Å². The van der Waals surface area contributed by atoms with Gasteiger partial charge in [0.15, 0.2) is 0 Å². The van der Waals surface area contributed by atoms with Crippen molar-refractivity contribution in [3.63, 3.8) is 0 Å². The molecule has 1 unspecified atom stereocenters. The number of nitrogen functional groups attached to an aromatic ring is 1. The maximum Gasteiger partial charge on any atom is 0.0414 e. The third-order valence-corrected chi connectivity index (χ3v) is 3.24. The average Bonchev–Trinajstić information content (AvgIpc) is 2.42. The summed E-state index contributed by atoms with van der Waals surface area (Å²) in [5.74, 6) is 0. The summed E-state index contributed by atoms with van der Waals surface area (Å²) in [5.41, 5.74) is 8.96. The summed E-state index contributed by atoms with van der Waals surface area (Å²) in [6.07, 6.45) is 1.10. The number of nitrogens with two attached hydrogens (primary N) is 1. The molecule has 0 radical (unpaired) electrons. The van der Waals surface area contributed by atoms with Crippen LogP contribution in [0.1, 0.15) is 20.3 Å².